The second-order valence-corrected chi connectivity index (χ2v) is 3.02. The van der Waals surface area contributed by atoms with Gasteiger partial charge in [0.15, 0.2) is 6.17 Å². The number of hydrogen-bond acceptors (Lipinski definition) is 2. The summed E-state index contributed by atoms with van der Waals surface area (Å²) in [5.74, 6) is -1.51. The maximum atomic E-state index is 13.3. The van der Waals surface area contributed by atoms with E-state index in [4.69, 9.17) is 0 Å². The van der Waals surface area contributed by atoms with Gasteiger partial charge in [0.2, 0.25) is 0 Å². The fourth-order valence-electron chi connectivity index (χ4n) is 1.32. The molecule has 0 aliphatic carbocycles. The first-order valence-electron chi connectivity index (χ1n) is 4.27. The van der Waals surface area contributed by atoms with E-state index in [0.29, 0.717) is 6.07 Å². The quantitative estimate of drug-likeness (QED) is 0.653. The van der Waals surface area contributed by atoms with Crippen LogP contribution < -0.4 is 0 Å². The summed E-state index contributed by atoms with van der Waals surface area (Å²) in [5, 5.41) is 0.260. The van der Waals surface area contributed by atoms with Crippen molar-refractivity contribution >= 4 is 6.21 Å². The minimum atomic E-state index is -1.07. The molecule has 0 saturated heterocycles. The lowest BCUT2D eigenvalue weighted by molar-refractivity contribution is 0.0363. The molecule has 0 spiro atoms. The normalized spacial score (nSPS) is 19.7. The van der Waals surface area contributed by atoms with Gasteiger partial charge in [0.1, 0.15) is 11.6 Å². The van der Waals surface area contributed by atoms with E-state index in [9.17, 15) is 13.3 Å². The Balaban J connectivity index is 2.37. The molecule has 1 unspecified atom stereocenters. The molecule has 1 heterocycles. The minimum Gasteiger partial charge on any atom is -0.261 e. The van der Waals surface area contributed by atoms with Gasteiger partial charge >= 0.3 is 0 Å². The molecule has 5 heteroatoms. The molecule has 1 aliphatic heterocycles. The van der Waals surface area contributed by atoms with Crippen LogP contribution >= 0.6 is 0 Å². The molecule has 78 valence electrons. The molecule has 1 aromatic carbocycles. The zero-order valence-electron chi connectivity index (χ0n) is 7.57. The third-order valence-corrected chi connectivity index (χ3v) is 2.02. The van der Waals surface area contributed by atoms with E-state index in [-0.39, 0.29) is 10.7 Å². The Hall–Kier alpha value is -1.78. The molecule has 0 bridgehead atoms. The van der Waals surface area contributed by atoms with E-state index in [2.05, 4.69) is 4.99 Å². The SMILES string of the molecule is Fc1ccc(C2N=CC=CN2F)c(F)c1. The number of halogens is 3. The zero-order valence-corrected chi connectivity index (χ0v) is 7.57. The molecule has 0 fully saturated rings. The number of hydrogen-bond donors (Lipinski definition) is 0. The minimum absolute atomic E-state index is 0.000463. The predicted octanol–water partition coefficient (Wildman–Crippen LogP) is 2.75. The van der Waals surface area contributed by atoms with Crippen LogP contribution in [0.3, 0.4) is 0 Å². The second kappa shape index (κ2) is 3.76. The molecular formula is C10H7F3N2. The number of aliphatic imine (C=N–C) groups is 1. The highest BCUT2D eigenvalue weighted by Crippen LogP contribution is 2.27. The Bertz CT molecular complexity index is 429. The molecule has 2 nitrogen and oxygen atoms in total. The van der Waals surface area contributed by atoms with Gasteiger partial charge in [-0.25, -0.2) is 8.78 Å². The summed E-state index contributed by atoms with van der Waals surface area (Å²) in [6.07, 6.45) is 2.80. The fraction of sp³-hybridized carbons (Fsp3) is 0.100. The number of allylic oxidation sites excluding steroid dienone is 1. The molecule has 1 atom stereocenters. The maximum Gasteiger partial charge on any atom is 0.178 e. The summed E-state index contributed by atoms with van der Waals surface area (Å²) in [6.45, 7) is 0. The summed E-state index contributed by atoms with van der Waals surface area (Å²) >= 11 is 0. The molecule has 15 heavy (non-hydrogen) atoms. The van der Waals surface area contributed by atoms with Crippen LogP contribution in [0.5, 0.6) is 0 Å². The average Bonchev–Trinajstić information content (AvgIpc) is 2.20. The molecule has 2 rings (SSSR count). The van der Waals surface area contributed by atoms with Gasteiger partial charge in [-0.1, -0.05) is 4.48 Å². The lowest BCUT2D eigenvalue weighted by Crippen LogP contribution is -2.17. The maximum absolute atomic E-state index is 13.3. The first-order valence-corrected chi connectivity index (χ1v) is 4.27. The highest BCUT2D eigenvalue weighted by Gasteiger charge is 2.21. The zero-order chi connectivity index (χ0) is 10.8. The van der Waals surface area contributed by atoms with Gasteiger partial charge in [-0.05, 0) is 18.2 Å². The summed E-state index contributed by atoms with van der Waals surface area (Å²) < 4.78 is 39.1. The lowest BCUT2D eigenvalue weighted by atomic mass is 10.1. The second-order valence-electron chi connectivity index (χ2n) is 3.02. The van der Waals surface area contributed by atoms with E-state index in [1.165, 1.54) is 18.4 Å². The van der Waals surface area contributed by atoms with Crippen molar-refractivity contribution in [2.45, 2.75) is 6.17 Å². The van der Waals surface area contributed by atoms with E-state index >= 15 is 0 Å². The van der Waals surface area contributed by atoms with Crippen LogP contribution in [0.25, 0.3) is 0 Å². The van der Waals surface area contributed by atoms with Crippen molar-refractivity contribution in [2.75, 3.05) is 0 Å². The van der Waals surface area contributed by atoms with Crippen LogP contribution in [0.2, 0.25) is 0 Å². The summed E-state index contributed by atoms with van der Waals surface area (Å²) in [4.78, 5) is 3.75. The third kappa shape index (κ3) is 1.86. The Labute approximate surface area is 84.3 Å². The van der Waals surface area contributed by atoms with Gasteiger partial charge < -0.3 is 0 Å². The van der Waals surface area contributed by atoms with Crippen LogP contribution in [0, 0.1) is 11.6 Å². The van der Waals surface area contributed by atoms with Crippen molar-refractivity contribution in [2.24, 2.45) is 4.99 Å². The Morgan fingerprint density at radius 3 is 2.73 bits per heavy atom. The Kier molecular flexibility index (Phi) is 2.45. The molecule has 0 aromatic heterocycles. The van der Waals surface area contributed by atoms with Gasteiger partial charge in [0, 0.05) is 24.0 Å². The summed E-state index contributed by atoms with van der Waals surface area (Å²) in [7, 11) is 0. The smallest absolute Gasteiger partial charge is 0.178 e. The van der Waals surface area contributed by atoms with Crippen molar-refractivity contribution in [1.29, 1.82) is 0 Å². The Morgan fingerprint density at radius 1 is 1.27 bits per heavy atom. The van der Waals surface area contributed by atoms with Crippen LogP contribution in [0.15, 0.2) is 35.5 Å². The van der Waals surface area contributed by atoms with E-state index in [1.54, 1.807) is 0 Å². The van der Waals surface area contributed by atoms with Crippen molar-refractivity contribution < 1.29 is 13.3 Å². The molecule has 0 amide bonds. The third-order valence-electron chi connectivity index (χ3n) is 2.02. The van der Waals surface area contributed by atoms with Gasteiger partial charge in [0.25, 0.3) is 0 Å². The van der Waals surface area contributed by atoms with Gasteiger partial charge in [0.05, 0.1) is 0 Å². The first-order chi connectivity index (χ1) is 7.18. The Morgan fingerprint density at radius 2 is 2.07 bits per heavy atom. The standard InChI is InChI=1S/C10H7F3N2/c11-7-2-3-8(9(12)6-7)10-14-4-1-5-15(10)13/h1-6,10H. The molecular weight excluding hydrogens is 205 g/mol. The van der Waals surface area contributed by atoms with Gasteiger partial charge in [-0.15, -0.1) is 0 Å². The van der Waals surface area contributed by atoms with Crippen molar-refractivity contribution in [1.82, 2.24) is 5.12 Å². The van der Waals surface area contributed by atoms with Crippen LogP contribution in [-0.2, 0) is 0 Å². The molecule has 0 N–H and O–H groups in total. The summed E-state index contributed by atoms with van der Waals surface area (Å²) in [6, 6.07) is 2.95. The van der Waals surface area contributed by atoms with Gasteiger partial charge in [-0.2, -0.15) is 5.12 Å². The predicted molar refractivity (Wildman–Crippen MR) is 49.7 cm³/mol. The summed E-state index contributed by atoms with van der Waals surface area (Å²) in [5.41, 5.74) is -0.000463. The largest absolute Gasteiger partial charge is 0.261 e. The molecule has 0 radical (unpaired) electrons. The number of rotatable bonds is 1. The molecule has 1 aliphatic rings. The lowest BCUT2D eigenvalue weighted by Gasteiger charge is -2.21. The van der Waals surface area contributed by atoms with Crippen molar-refractivity contribution in [3.8, 4) is 0 Å². The van der Waals surface area contributed by atoms with E-state index in [0.717, 1.165) is 12.3 Å². The first kappa shape index (κ1) is 9.76. The van der Waals surface area contributed by atoms with Crippen molar-refractivity contribution in [3.63, 3.8) is 0 Å². The average molecular weight is 212 g/mol. The number of nitrogens with zero attached hydrogens (tertiary/aromatic N) is 2. The van der Waals surface area contributed by atoms with Crippen LogP contribution in [0.4, 0.5) is 13.3 Å². The molecule has 0 saturated carbocycles. The molecule has 1 aromatic rings. The van der Waals surface area contributed by atoms with Crippen LogP contribution in [0.1, 0.15) is 11.7 Å². The van der Waals surface area contributed by atoms with Crippen LogP contribution in [-0.4, -0.2) is 11.3 Å². The monoisotopic (exact) mass is 212 g/mol. The van der Waals surface area contributed by atoms with E-state index in [1.807, 2.05) is 0 Å². The highest BCUT2D eigenvalue weighted by molar-refractivity contribution is 5.72. The topological polar surface area (TPSA) is 15.6 Å². The highest BCUT2D eigenvalue weighted by atomic mass is 19.2. The van der Waals surface area contributed by atoms with Gasteiger partial charge in [-0.3, -0.25) is 4.99 Å². The fourth-order valence-corrected chi connectivity index (χ4v) is 1.32. The van der Waals surface area contributed by atoms with E-state index < -0.39 is 17.8 Å². The number of benzene rings is 1. The van der Waals surface area contributed by atoms with Crippen molar-refractivity contribution in [3.05, 3.63) is 47.7 Å².